The molecule has 0 aliphatic heterocycles. The predicted octanol–water partition coefficient (Wildman–Crippen LogP) is 2.96. The topological polar surface area (TPSA) is 58.2 Å². The lowest BCUT2D eigenvalue weighted by molar-refractivity contribution is 0.488. The molecule has 1 aromatic heterocycles. The molecule has 6 heteroatoms. The smallest absolute Gasteiger partial charge is 0.241 e. The van der Waals surface area contributed by atoms with Gasteiger partial charge in [-0.15, -0.1) is 11.3 Å². The Bertz CT molecular complexity index is 495. The number of rotatable bonds is 9. The molecule has 1 aromatic rings. The fourth-order valence-corrected chi connectivity index (χ4v) is 4.81. The summed E-state index contributed by atoms with van der Waals surface area (Å²) in [5.74, 6) is 0.665. The summed E-state index contributed by atoms with van der Waals surface area (Å²) in [5.41, 5.74) is 0. The molecule has 0 fully saturated rings. The maximum absolute atomic E-state index is 12.4. The van der Waals surface area contributed by atoms with Crippen LogP contribution in [0.25, 0.3) is 0 Å². The number of hydrogen-bond acceptors (Lipinski definition) is 4. The fourth-order valence-electron chi connectivity index (χ4n) is 2.08. The van der Waals surface area contributed by atoms with Gasteiger partial charge in [0.05, 0.1) is 4.90 Å². The summed E-state index contributed by atoms with van der Waals surface area (Å²) in [7, 11) is -1.58. The minimum Gasteiger partial charge on any atom is -0.315 e. The minimum absolute atomic E-state index is 0.0268. The third-order valence-corrected chi connectivity index (χ3v) is 5.83. The van der Waals surface area contributed by atoms with E-state index in [0.717, 1.165) is 24.1 Å². The van der Waals surface area contributed by atoms with E-state index in [-0.39, 0.29) is 6.04 Å². The van der Waals surface area contributed by atoms with Crippen molar-refractivity contribution in [1.82, 2.24) is 10.0 Å². The van der Waals surface area contributed by atoms with Gasteiger partial charge in [-0.2, -0.15) is 0 Å². The van der Waals surface area contributed by atoms with Crippen LogP contribution in [0.2, 0.25) is 0 Å². The molecule has 0 saturated carbocycles. The van der Waals surface area contributed by atoms with Crippen molar-refractivity contribution in [3.05, 3.63) is 16.3 Å². The normalized spacial score (nSPS) is 13.8. The second kappa shape index (κ2) is 8.12. The van der Waals surface area contributed by atoms with Crippen LogP contribution in [0.5, 0.6) is 0 Å². The van der Waals surface area contributed by atoms with E-state index in [0.29, 0.717) is 17.4 Å². The monoisotopic (exact) mass is 318 g/mol. The molecule has 1 unspecified atom stereocenters. The first-order chi connectivity index (χ1) is 9.36. The maximum Gasteiger partial charge on any atom is 0.241 e. The minimum atomic E-state index is -3.40. The molecule has 2 N–H and O–H groups in total. The van der Waals surface area contributed by atoms with E-state index in [1.54, 1.807) is 6.07 Å². The molecule has 116 valence electrons. The van der Waals surface area contributed by atoms with E-state index in [1.165, 1.54) is 11.3 Å². The van der Waals surface area contributed by atoms with Gasteiger partial charge in [0.2, 0.25) is 10.0 Å². The number of nitrogens with one attached hydrogen (secondary N) is 2. The molecule has 0 amide bonds. The van der Waals surface area contributed by atoms with Crippen LogP contribution >= 0.6 is 11.3 Å². The van der Waals surface area contributed by atoms with Crippen molar-refractivity contribution < 1.29 is 8.42 Å². The Morgan fingerprint density at radius 2 is 1.95 bits per heavy atom. The molecule has 0 saturated heterocycles. The van der Waals surface area contributed by atoms with Crippen LogP contribution in [0.3, 0.4) is 0 Å². The fraction of sp³-hybridized carbons (Fsp3) is 0.714. The number of sulfonamides is 1. The average molecular weight is 319 g/mol. The predicted molar refractivity (Wildman–Crippen MR) is 85.6 cm³/mol. The largest absolute Gasteiger partial charge is 0.315 e. The molecule has 20 heavy (non-hydrogen) atoms. The van der Waals surface area contributed by atoms with Crippen LogP contribution in [-0.2, 0) is 16.6 Å². The SMILES string of the molecule is CNCc1sccc1S(=O)(=O)NC(C)CCCC(C)C. The zero-order chi connectivity index (χ0) is 15.2. The van der Waals surface area contributed by atoms with E-state index < -0.39 is 10.0 Å². The molecule has 4 nitrogen and oxygen atoms in total. The van der Waals surface area contributed by atoms with E-state index in [4.69, 9.17) is 0 Å². The highest BCUT2D eigenvalue weighted by Crippen LogP contribution is 2.22. The molecular formula is C14H26N2O2S2. The molecule has 0 bridgehead atoms. The van der Waals surface area contributed by atoms with Crippen LogP contribution in [-0.4, -0.2) is 21.5 Å². The summed E-state index contributed by atoms with van der Waals surface area (Å²) in [5, 5.41) is 4.82. The third-order valence-electron chi connectivity index (χ3n) is 3.11. The lowest BCUT2D eigenvalue weighted by Gasteiger charge is -2.15. The van der Waals surface area contributed by atoms with E-state index in [2.05, 4.69) is 23.9 Å². The van der Waals surface area contributed by atoms with Crippen LogP contribution in [0.4, 0.5) is 0 Å². The van der Waals surface area contributed by atoms with Gasteiger partial charge in [-0.3, -0.25) is 0 Å². The highest BCUT2D eigenvalue weighted by molar-refractivity contribution is 7.89. The van der Waals surface area contributed by atoms with Gasteiger partial charge in [-0.05, 0) is 37.8 Å². The standard InChI is InChI=1S/C14H26N2O2S2/c1-11(2)6-5-7-12(3)16-20(17,18)14-8-9-19-13(14)10-15-4/h8-9,11-12,15-16H,5-7,10H2,1-4H3. The van der Waals surface area contributed by atoms with Gasteiger partial charge in [0.25, 0.3) is 0 Å². The highest BCUT2D eigenvalue weighted by atomic mass is 32.2. The van der Waals surface area contributed by atoms with Crippen molar-refractivity contribution >= 4 is 21.4 Å². The molecule has 0 aromatic carbocycles. The van der Waals surface area contributed by atoms with Gasteiger partial charge in [0.1, 0.15) is 0 Å². The van der Waals surface area contributed by atoms with Crippen LogP contribution in [0.15, 0.2) is 16.3 Å². The van der Waals surface area contributed by atoms with Gasteiger partial charge >= 0.3 is 0 Å². The van der Waals surface area contributed by atoms with Crippen molar-refractivity contribution in [2.45, 2.75) is 57.5 Å². The molecular weight excluding hydrogens is 292 g/mol. The molecule has 0 spiro atoms. The van der Waals surface area contributed by atoms with Crippen molar-refractivity contribution in [2.75, 3.05) is 7.05 Å². The third kappa shape index (κ3) is 5.52. The van der Waals surface area contributed by atoms with Gasteiger partial charge in [-0.25, -0.2) is 13.1 Å². The molecule has 1 atom stereocenters. The van der Waals surface area contributed by atoms with Crippen LogP contribution < -0.4 is 10.0 Å². The van der Waals surface area contributed by atoms with Crippen LogP contribution in [0.1, 0.15) is 44.9 Å². The Labute approximate surface area is 127 Å². The van der Waals surface area contributed by atoms with E-state index in [1.807, 2.05) is 19.4 Å². The summed E-state index contributed by atoms with van der Waals surface area (Å²) < 4.78 is 27.5. The molecule has 0 aliphatic rings. The zero-order valence-corrected chi connectivity index (χ0v) is 14.4. The first-order valence-corrected chi connectivity index (χ1v) is 9.46. The van der Waals surface area contributed by atoms with E-state index >= 15 is 0 Å². The first-order valence-electron chi connectivity index (χ1n) is 7.10. The second-order valence-electron chi connectivity index (χ2n) is 5.59. The summed E-state index contributed by atoms with van der Waals surface area (Å²) in [6, 6.07) is 1.65. The van der Waals surface area contributed by atoms with Crippen molar-refractivity contribution in [1.29, 1.82) is 0 Å². The number of thiophene rings is 1. The average Bonchev–Trinajstić information content (AvgIpc) is 2.77. The Hall–Kier alpha value is -0.430. The van der Waals surface area contributed by atoms with Gasteiger partial charge < -0.3 is 5.32 Å². The second-order valence-corrected chi connectivity index (χ2v) is 8.27. The lowest BCUT2D eigenvalue weighted by atomic mass is 10.0. The Balaban J connectivity index is 2.62. The van der Waals surface area contributed by atoms with Crippen molar-refractivity contribution in [3.63, 3.8) is 0 Å². The summed E-state index contributed by atoms with van der Waals surface area (Å²) >= 11 is 1.47. The van der Waals surface area contributed by atoms with Crippen LogP contribution in [0, 0.1) is 5.92 Å². The Morgan fingerprint density at radius 1 is 1.25 bits per heavy atom. The highest BCUT2D eigenvalue weighted by Gasteiger charge is 2.21. The lowest BCUT2D eigenvalue weighted by Crippen LogP contribution is -2.33. The maximum atomic E-state index is 12.4. The van der Waals surface area contributed by atoms with Gasteiger partial charge in [0.15, 0.2) is 0 Å². The van der Waals surface area contributed by atoms with Crippen molar-refractivity contribution in [3.8, 4) is 0 Å². The molecule has 0 radical (unpaired) electrons. The summed E-state index contributed by atoms with van der Waals surface area (Å²) in [6.07, 6.45) is 3.06. The Morgan fingerprint density at radius 3 is 2.55 bits per heavy atom. The quantitative estimate of drug-likeness (QED) is 0.736. The number of hydrogen-bond donors (Lipinski definition) is 2. The molecule has 1 rings (SSSR count). The Kier molecular flexibility index (Phi) is 7.15. The zero-order valence-electron chi connectivity index (χ0n) is 12.8. The van der Waals surface area contributed by atoms with Gasteiger partial charge in [-0.1, -0.05) is 26.7 Å². The van der Waals surface area contributed by atoms with E-state index in [9.17, 15) is 8.42 Å². The summed E-state index contributed by atoms with van der Waals surface area (Å²) in [6.45, 7) is 6.88. The molecule has 0 aliphatic carbocycles. The van der Waals surface area contributed by atoms with Crippen molar-refractivity contribution in [2.24, 2.45) is 5.92 Å². The first kappa shape index (κ1) is 17.6. The van der Waals surface area contributed by atoms with Gasteiger partial charge in [0, 0.05) is 17.5 Å². The summed E-state index contributed by atoms with van der Waals surface area (Å²) in [4.78, 5) is 1.27. The molecule has 1 heterocycles.